The fourth-order valence-corrected chi connectivity index (χ4v) is 6.35. The number of benzene rings is 4. The predicted molar refractivity (Wildman–Crippen MR) is 164 cm³/mol. The summed E-state index contributed by atoms with van der Waals surface area (Å²) in [6.45, 7) is 0. The molecule has 6 rings (SSSR count). The number of rotatable bonds is 4. The van der Waals surface area contributed by atoms with E-state index in [9.17, 15) is 21.0 Å². The van der Waals surface area contributed by atoms with E-state index in [1.807, 2.05) is 24.3 Å². The Kier molecular flexibility index (Phi) is 8.01. The van der Waals surface area contributed by atoms with Crippen LogP contribution in [0.2, 0.25) is 0 Å². The molecule has 216 valence electrons. The highest BCUT2D eigenvalue weighted by molar-refractivity contribution is 6.40. The highest BCUT2D eigenvalue weighted by atomic mass is 35.5. The van der Waals surface area contributed by atoms with E-state index in [0.717, 1.165) is 44.5 Å². The molecule has 2 aliphatic carbocycles. The van der Waals surface area contributed by atoms with Gasteiger partial charge in [-0.15, -0.1) is 23.2 Å². The second kappa shape index (κ2) is 11.7. The Balaban J connectivity index is 0.00000123. The molecule has 0 amide bonds. The summed E-state index contributed by atoms with van der Waals surface area (Å²) in [7, 11) is 6.04. The van der Waals surface area contributed by atoms with E-state index >= 15 is 0 Å². The van der Waals surface area contributed by atoms with Crippen molar-refractivity contribution in [3.05, 3.63) is 93.0 Å². The summed E-state index contributed by atoms with van der Waals surface area (Å²) in [5.41, 5.74) is 6.59. The van der Waals surface area contributed by atoms with Gasteiger partial charge in [-0.2, -0.15) is 21.0 Å². The molecule has 0 saturated carbocycles. The van der Waals surface area contributed by atoms with Crippen molar-refractivity contribution in [2.24, 2.45) is 0 Å². The molecule has 0 radical (unpaired) electrons. The van der Waals surface area contributed by atoms with Crippen LogP contribution in [0.3, 0.4) is 0 Å². The Morgan fingerprint density at radius 1 is 0.477 bits per heavy atom. The van der Waals surface area contributed by atoms with Crippen LogP contribution in [-0.4, -0.2) is 33.8 Å². The third kappa shape index (κ3) is 4.09. The highest BCUT2D eigenvalue weighted by Gasteiger charge is 2.53. The van der Waals surface area contributed by atoms with E-state index in [0.29, 0.717) is 45.3 Å². The Labute approximate surface area is 264 Å². The van der Waals surface area contributed by atoms with Gasteiger partial charge in [0.05, 0.1) is 61.4 Å². The largest absolute Gasteiger partial charge is 0.495 e. The minimum atomic E-state index is -1.01. The van der Waals surface area contributed by atoms with Gasteiger partial charge in [0.1, 0.15) is 47.3 Å². The van der Waals surface area contributed by atoms with Gasteiger partial charge in [0.15, 0.2) is 0 Å². The topological polar surface area (TPSA) is 132 Å². The Hall–Kier alpha value is -5.38. The maximum absolute atomic E-state index is 9.94. The van der Waals surface area contributed by atoms with E-state index in [4.69, 9.17) is 42.1 Å². The second-order valence-electron chi connectivity index (χ2n) is 9.69. The maximum atomic E-state index is 9.94. The molecule has 0 saturated heterocycles. The number of nitriles is 4. The van der Waals surface area contributed by atoms with Crippen molar-refractivity contribution in [3.8, 4) is 69.5 Å². The van der Waals surface area contributed by atoms with Crippen molar-refractivity contribution in [1.82, 2.24) is 0 Å². The molecule has 10 heteroatoms. The third-order valence-corrected chi connectivity index (χ3v) is 8.04. The van der Waals surface area contributed by atoms with Gasteiger partial charge in [-0.1, -0.05) is 0 Å². The average molecular weight is 621 g/mol. The SMILES string of the molecule is COc1cc2c(cc1C#N)-c1cc(C#N)c(OC)cc1C21c2cc(OC)c(C#N)cc2-c2cc(C#N)c(OC)cc21.ClCCl. The summed E-state index contributed by atoms with van der Waals surface area (Å²) >= 11 is 9.53. The number of nitrogens with zero attached hydrogens (tertiary/aromatic N) is 4. The number of hydrogen-bond acceptors (Lipinski definition) is 8. The first-order valence-electron chi connectivity index (χ1n) is 13.0. The van der Waals surface area contributed by atoms with Crippen LogP contribution < -0.4 is 18.9 Å². The number of hydrogen-bond donors (Lipinski definition) is 0. The number of fused-ring (bicyclic) bond motifs is 10. The van der Waals surface area contributed by atoms with Crippen molar-refractivity contribution in [2.45, 2.75) is 5.41 Å². The first-order valence-corrected chi connectivity index (χ1v) is 14.1. The Morgan fingerprint density at radius 2 is 0.682 bits per heavy atom. The number of alkyl halides is 2. The summed E-state index contributed by atoms with van der Waals surface area (Å²) in [5.74, 6) is 1.56. The van der Waals surface area contributed by atoms with Gasteiger partial charge in [0.25, 0.3) is 0 Å². The summed E-state index contributed by atoms with van der Waals surface area (Å²) in [6, 6.07) is 23.3. The first kappa shape index (κ1) is 30.1. The molecule has 0 atom stereocenters. The number of halogens is 2. The van der Waals surface area contributed by atoms with E-state index in [1.54, 1.807) is 24.3 Å². The zero-order chi connectivity index (χ0) is 31.8. The molecule has 2 aliphatic rings. The molecule has 0 heterocycles. The van der Waals surface area contributed by atoms with E-state index in [2.05, 4.69) is 24.3 Å². The maximum Gasteiger partial charge on any atom is 0.136 e. The van der Waals surface area contributed by atoms with E-state index in [1.165, 1.54) is 28.4 Å². The monoisotopic (exact) mass is 620 g/mol. The van der Waals surface area contributed by atoms with Crippen LogP contribution in [0.25, 0.3) is 22.3 Å². The van der Waals surface area contributed by atoms with E-state index in [-0.39, 0.29) is 5.34 Å². The van der Waals surface area contributed by atoms with Crippen LogP contribution >= 0.6 is 23.2 Å². The van der Waals surface area contributed by atoms with Gasteiger partial charge < -0.3 is 18.9 Å². The molecule has 0 fully saturated rings. The zero-order valence-electron chi connectivity index (χ0n) is 24.0. The molecule has 44 heavy (non-hydrogen) atoms. The fraction of sp³-hybridized carbons (Fsp3) is 0.176. The molecule has 4 aromatic carbocycles. The van der Waals surface area contributed by atoms with Gasteiger partial charge >= 0.3 is 0 Å². The Bertz CT molecular complexity index is 1740. The lowest BCUT2D eigenvalue weighted by Gasteiger charge is -2.31. The highest BCUT2D eigenvalue weighted by Crippen LogP contribution is 2.65. The van der Waals surface area contributed by atoms with Crippen LogP contribution in [0.4, 0.5) is 0 Å². The minimum absolute atomic E-state index is 0.194. The summed E-state index contributed by atoms with van der Waals surface area (Å²) in [4.78, 5) is 0. The third-order valence-electron chi connectivity index (χ3n) is 8.04. The number of ether oxygens (including phenoxy) is 4. The van der Waals surface area contributed by atoms with Gasteiger partial charge in [0.2, 0.25) is 0 Å². The molecular weight excluding hydrogens is 599 g/mol. The van der Waals surface area contributed by atoms with Crippen LogP contribution in [0.15, 0.2) is 48.5 Å². The van der Waals surface area contributed by atoms with E-state index < -0.39 is 5.41 Å². The van der Waals surface area contributed by atoms with Gasteiger partial charge in [-0.05, 0) is 93.0 Å². The molecule has 0 unspecified atom stereocenters. The molecule has 8 nitrogen and oxygen atoms in total. The summed E-state index contributed by atoms with van der Waals surface area (Å²) < 4.78 is 22.6. The molecular formula is C34H22Cl2N4O4. The van der Waals surface area contributed by atoms with Crippen LogP contribution in [-0.2, 0) is 5.41 Å². The molecule has 4 aromatic rings. The molecule has 0 N–H and O–H groups in total. The lowest BCUT2D eigenvalue weighted by molar-refractivity contribution is 0.410. The van der Waals surface area contributed by atoms with Gasteiger partial charge in [0, 0.05) is 0 Å². The van der Waals surface area contributed by atoms with Gasteiger partial charge in [-0.25, -0.2) is 0 Å². The zero-order valence-corrected chi connectivity index (χ0v) is 25.5. The smallest absolute Gasteiger partial charge is 0.136 e. The van der Waals surface area contributed by atoms with Crippen molar-refractivity contribution in [3.63, 3.8) is 0 Å². The second-order valence-corrected chi connectivity index (χ2v) is 10.5. The average Bonchev–Trinajstić information content (AvgIpc) is 3.50. The minimum Gasteiger partial charge on any atom is -0.495 e. The Morgan fingerprint density at radius 3 is 0.841 bits per heavy atom. The lowest BCUT2D eigenvalue weighted by atomic mass is 9.70. The first-order chi connectivity index (χ1) is 21.4. The lowest BCUT2D eigenvalue weighted by Crippen LogP contribution is -2.26. The van der Waals surface area contributed by atoms with Gasteiger partial charge in [-0.3, -0.25) is 0 Å². The summed E-state index contributed by atoms with van der Waals surface area (Å²) in [5, 5.41) is 40.0. The normalized spacial score (nSPS) is 12.0. The molecule has 0 aliphatic heterocycles. The quantitative estimate of drug-likeness (QED) is 0.193. The van der Waals surface area contributed by atoms with Crippen LogP contribution in [0, 0.1) is 45.3 Å². The molecule has 1 spiro atoms. The van der Waals surface area contributed by atoms with Crippen molar-refractivity contribution in [2.75, 3.05) is 33.8 Å². The van der Waals surface area contributed by atoms with Crippen LogP contribution in [0.5, 0.6) is 23.0 Å². The molecule has 0 bridgehead atoms. The standard InChI is InChI=1S/C33H20N4O4.CH2Cl2/c1-38-29-9-25-21(5-17(29)13-34)22-6-18(14-35)30(39-2)10-26(22)33(25)27-11-31(40-3)19(15-36)7-23(27)24-8-20(16-37)32(41-4)12-28(24)33;2-1-3/h5-12H,1-4H3;1H2. The van der Waals surface area contributed by atoms with Crippen LogP contribution in [0.1, 0.15) is 44.5 Å². The number of methoxy groups -OCH3 is 4. The van der Waals surface area contributed by atoms with Crippen molar-refractivity contribution < 1.29 is 18.9 Å². The predicted octanol–water partition coefficient (Wildman–Crippen LogP) is 6.97. The summed E-state index contributed by atoms with van der Waals surface area (Å²) in [6.07, 6.45) is 0. The van der Waals surface area contributed by atoms with Crippen molar-refractivity contribution in [1.29, 1.82) is 21.0 Å². The molecule has 0 aromatic heterocycles. The van der Waals surface area contributed by atoms with Crippen molar-refractivity contribution >= 4 is 23.2 Å². The fourth-order valence-electron chi connectivity index (χ4n) is 6.35.